The van der Waals surface area contributed by atoms with Gasteiger partial charge < -0.3 is 0 Å². The molecule has 390 valence electrons. The van der Waals surface area contributed by atoms with Crippen molar-refractivity contribution < 1.29 is 0 Å². The van der Waals surface area contributed by atoms with E-state index in [9.17, 15) is 0 Å². The average molecular weight is 1010 g/mol. The summed E-state index contributed by atoms with van der Waals surface area (Å²) in [5.41, 5.74) is 43.1. The van der Waals surface area contributed by atoms with Crippen molar-refractivity contribution in [1.82, 2.24) is 0 Å². The van der Waals surface area contributed by atoms with Crippen molar-refractivity contribution in [2.24, 2.45) is 0 Å². The zero-order chi connectivity index (χ0) is 54.9. The maximum atomic E-state index is 2.75. The monoisotopic (exact) mass is 1010 g/mol. The normalized spacial score (nSPS) is 14.7. The first kappa shape index (κ1) is 52.9. The maximum absolute atomic E-state index is 2.75. The first-order valence-electron chi connectivity index (χ1n) is 29.8. The summed E-state index contributed by atoms with van der Waals surface area (Å²) in [4.78, 5) is 0. The molecule has 0 spiro atoms. The maximum Gasteiger partial charge on any atom is 0.242 e. The van der Waals surface area contributed by atoms with Gasteiger partial charge >= 0.3 is 0 Å². The fraction of sp³-hybridized carbons (Fsp3) is 0.360. The molecule has 0 bridgehead atoms. The van der Waals surface area contributed by atoms with Crippen LogP contribution in [0.5, 0.6) is 0 Å². The van der Waals surface area contributed by atoms with Gasteiger partial charge in [0.25, 0.3) is 0 Å². The zero-order valence-corrected chi connectivity index (χ0v) is 50.3. The molecular weight excluding hydrogens is 922 g/mol. The van der Waals surface area contributed by atoms with Gasteiger partial charge in [0, 0.05) is 16.2 Å². The molecule has 0 nitrogen and oxygen atoms in total. The smallest absolute Gasteiger partial charge is 0.0683 e. The second kappa shape index (κ2) is 19.1. The van der Waals surface area contributed by atoms with E-state index in [4.69, 9.17) is 0 Å². The van der Waals surface area contributed by atoms with E-state index in [0.29, 0.717) is 0 Å². The molecule has 0 heterocycles. The first-order valence-corrected chi connectivity index (χ1v) is 29.8. The van der Waals surface area contributed by atoms with E-state index in [-0.39, 0.29) is 29.7 Å². The summed E-state index contributed by atoms with van der Waals surface area (Å²) in [5, 5.41) is 0. The molecule has 0 unspecified atom stereocenters. The van der Waals surface area contributed by atoms with E-state index in [2.05, 4.69) is 234 Å². The molecule has 3 aliphatic carbocycles. The Balaban J connectivity index is 1.27. The Morgan fingerprint density at radius 2 is 0.532 bits per heavy atom. The van der Waals surface area contributed by atoms with Gasteiger partial charge in [-0.2, -0.15) is 0 Å². The molecule has 8 aromatic carbocycles. The quantitative estimate of drug-likeness (QED) is 0.107. The topological polar surface area (TPSA) is 0 Å². The van der Waals surface area contributed by atoms with Crippen molar-refractivity contribution in [3.05, 3.63) is 209 Å². The van der Waals surface area contributed by atoms with Crippen LogP contribution in [0.1, 0.15) is 180 Å². The van der Waals surface area contributed by atoms with Gasteiger partial charge in [0.2, 0.25) is 13.4 Å². The van der Waals surface area contributed by atoms with Gasteiger partial charge in [-0.1, -0.05) is 250 Å². The molecule has 0 saturated carbocycles. The highest BCUT2D eigenvalue weighted by Crippen LogP contribution is 2.70. The van der Waals surface area contributed by atoms with E-state index in [1.807, 2.05) is 0 Å². The molecule has 2 heteroatoms. The molecule has 8 aromatic rings. The Kier molecular flexibility index (Phi) is 13.1. The van der Waals surface area contributed by atoms with Crippen LogP contribution < -0.4 is 32.8 Å². The molecule has 11 rings (SSSR count). The molecule has 0 fully saturated rings. The summed E-state index contributed by atoms with van der Waals surface area (Å²) in [5.74, 6) is 0. The highest BCUT2D eigenvalue weighted by Gasteiger charge is 2.56. The van der Waals surface area contributed by atoms with E-state index in [1.165, 1.54) is 133 Å². The molecule has 0 atom stereocenters. The molecule has 0 aliphatic heterocycles. The SMILES string of the molecule is CCC1(CC)c2ccccc2-c2c1c1c(c3c2C(CC)(CC)c2cc(B(c4c(C)cc(C)cc4C)c4c(C)cc(C)cc4C)ccc2-3)C(CC)(CC)c2cc(B(c3c(C)cc(C)cc3C)c3c(C)cc(C)cc3C)ccc2-1. The Morgan fingerprint density at radius 1 is 0.286 bits per heavy atom. The lowest BCUT2D eigenvalue weighted by Crippen LogP contribution is -2.56. The lowest BCUT2D eigenvalue weighted by atomic mass is 9.34. The lowest BCUT2D eigenvalue weighted by Gasteiger charge is -2.37. The fourth-order valence-corrected chi connectivity index (χ4v) is 17.7. The van der Waals surface area contributed by atoms with Crippen molar-refractivity contribution in [2.45, 2.75) is 179 Å². The van der Waals surface area contributed by atoms with Crippen LogP contribution >= 0.6 is 0 Å². The van der Waals surface area contributed by atoms with Gasteiger partial charge in [0.15, 0.2) is 0 Å². The van der Waals surface area contributed by atoms with E-state index in [0.717, 1.165) is 38.5 Å². The highest BCUT2D eigenvalue weighted by molar-refractivity contribution is 6.97. The fourth-order valence-electron chi connectivity index (χ4n) is 17.7. The van der Waals surface area contributed by atoms with Crippen LogP contribution in [0.2, 0.25) is 0 Å². The van der Waals surface area contributed by atoms with Crippen LogP contribution in [0.25, 0.3) is 33.4 Å². The zero-order valence-electron chi connectivity index (χ0n) is 50.3. The van der Waals surface area contributed by atoms with Gasteiger partial charge in [-0.05, 0) is 188 Å². The molecule has 0 amide bonds. The van der Waals surface area contributed by atoms with Gasteiger partial charge in [0.05, 0.1) is 0 Å². The van der Waals surface area contributed by atoms with Crippen LogP contribution in [0.4, 0.5) is 0 Å². The van der Waals surface area contributed by atoms with E-state index < -0.39 is 0 Å². The van der Waals surface area contributed by atoms with Gasteiger partial charge in [-0.3, -0.25) is 0 Å². The van der Waals surface area contributed by atoms with Crippen LogP contribution in [0.15, 0.2) is 109 Å². The van der Waals surface area contributed by atoms with E-state index in [1.54, 1.807) is 33.4 Å². The van der Waals surface area contributed by atoms with Crippen LogP contribution in [-0.2, 0) is 16.2 Å². The first-order chi connectivity index (χ1) is 36.8. The lowest BCUT2D eigenvalue weighted by molar-refractivity contribution is 0.473. The second-order valence-electron chi connectivity index (χ2n) is 24.9. The van der Waals surface area contributed by atoms with Gasteiger partial charge in [0.1, 0.15) is 0 Å². The number of hydrogen-bond acceptors (Lipinski definition) is 0. The highest BCUT2D eigenvalue weighted by atomic mass is 14.6. The summed E-state index contributed by atoms with van der Waals surface area (Å²) in [6.45, 7) is 43.1. The summed E-state index contributed by atoms with van der Waals surface area (Å²) in [6, 6.07) is 45.0. The van der Waals surface area contributed by atoms with Crippen LogP contribution in [0, 0.1) is 83.1 Å². The summed E-state index contributed by atoms with van der Waals surface area (Å²) < 4.78 is 0. The Bertz CT molecular complexity index is 3420. The number of aryl methyl sites for hydroxylation is 12. The number of fused-ring (bicyclic) bond motifs is 12. The number of rotatable bonds is 12. The third kappa shape index (κ3) is 7.38. The van der Waals surface area contributed by atoms with Crippen molar-refractivity contribution in [3.8, 4) is 33.4 Å². The second-order valence-corrected chi connectivity index (χ2v) is 24.9. The van der Waals surface area contributed by atoms with Crippen molar-refractivity contribution in [3.63, 3.8) is 0 Å². The minimum atomic E-state index is -0.205. The summed E-state index contributed by atoms with van der Waals surface area (Å²) in [7, 11) is 0. The minimum Gasteiger partial charge on any atom is -0.0683 e. The third-order valence-corrected chi connectivity index (χ3v) is 20.7. The molecule has 3 aliphatic rings. The number of benzene rings is 8. The number of hydrogen-bond donors (Lipinski definition) is 0. The standard InChI is InChI=1S/C75H84B2/c1-19-73(20-2)60-28-26-25-27-57(60)63-66(73)64-58-31-29-55(76(69-47(11)33-43(7)34-48(69)12)70-49(13)35-44(8)36-50(70)14)41-61(58)75(23-5,24-6)68(64)65-59-32-30-56(42-62(59)74(21-3,22-4)67(63)65)77(71-51(15)37-45(9)38-52(71)16)72-53(17)39-46(10)40-54(72)18/h25-42H,19-24H2,1-18H3. The largest absolute Gasteiger partial charge is 0.242 e. The Hall–Kier alpha value is -6.11. The predicted octanol–water partition coefficient (Wildman–Crippen LogP) is 15.7. The Morgan fingerprint density at radius 3 is 0.805 bits per heavy atom. The van der Waals surface area contributed by atoms with Gasteiger partial charge in [-0.15, -0.1) is 0 Å². The van der Waals surface area contributed by atoms with Crippen molar-refractivity contribution in [1.29, 1.82) is 0 Å². The molecular formula is C75H84B2. The average Bonchev–Trinajstić information content (AvgIpc) is 3.52. The van der Waals surface area contributed by atoms with Crippen LogP contribution in [-0.4, -0.2) is 13.4 Å². The molecule has 0 radical (unpaired) electrons. The molecule has 0 saturated heterocycles. The summed E-state index contributed by atoms with van der Waals surface area (Å²) >= 11 is 0. The van der Waals surface area contributed by atoms with Crippen molar-refractivity contribution >= 4 is 46.2 Å². The van der Waals surface area contributed by atoms with Crippen LogP contribution in [0.3, 0.4) is 0 Å². The molecule has 0 aromatic heterocycles. The minimum absolute atomic E-state index is 0.101. The molecule has 77 heavy (non-hydrogen) atoms. The summed E-state index contributed by atoms with van der Waals surface area (Å²) in [6.07, 6.45) is 6.26. The van der Waals surface area contributed by atoms with Gasteiger partial charge in [-0.25, -0.2) is 0 Å². The Labute approximate surface area is 465 Å². The van der Waals surface area contributed by atoms with E-state index >= 15 is 0 Å². The van der Waals surface area contributed by atoms with Crippen molar-refractivity contribution in [2.75, 3.05) is 0 Å². The predicted molar refractivity (Wildman–Crippen MR) is 339 cm³/mol. The third-order valence-electron chi connectivity index (χ3n) is 20.7. The molecule has 0 N–H and O–H groups in total.